The first-order valence-corrected chi connectivity index (χ1v) is 13.6. The Bertz CT molecular complexity index is 483. The minimum absolute atomic E-state index is 1.29. The van der Waals surface area contributed by atoms with Gasteiger partial charge in [0.25, 0.3) is 0 Å². The summed E-state index contributed by atoms with van der Waals surface area (Å²) >= 11 is 8.50. The average molecular weight is 455 g/mol. The van der Waals surface area contributed by atoms with E-state index in [-0.39, 0.29) is 0 Å². The maximum Gasteiger partial charge on any atom is 0.319 e. The molecular weight excluding hydrogens is 432 g/mol. The largest absolute Gasteiger partial charge is 0.325 e. The molecule has 0 bridgehead atoms. The van der Waals surface area contributed by atoms with Crippen molar-refractivity contribution in [1.29, 1.82) is 0 Å². The summed E-state index contributed by atoms with van der Waals surface area (Å²) in [5.41, 5.74) is 1.58. The molecule has 0 saturated heterocycles. The Morgan fingerprint density at radius 2 is 1.30 bits per heavy atom. The monoisotopic (exact) mass is 453 g/mol. The fourth-order valence-corrected chi connectivity index (χ4v) is 2.45. The summed E-state index contributed by atoms with van der Waals surface area (Å²) in [5, 5.41) is 0. The van der Waals surface area contributed by atoms with E-state index in [1.165, 1.54) is 50.4 Å². The second kappa shape index (κ2) is 14.1. The van der Waals surface area contributed by atoms with E-state index in [1.54, 1.807) is 9.72 Å². The molecule has 0 aliphatic carbocycles. The maximum atomic E-state index is 7.56. The van der Waals surface area contributed by atoms with Gasteiger partial charge in [0, 0.05) is 0 Å². The molecule has 0 saturated carbocycles. The van der Waals surface area contributed by atoms with Crippen LogP contribution in [0.3, 0.4) is 0 Å². The van der Waals surface area contributed by atoms with E-state index in [1.807, 2.05) is 0 Å². The van der Waals surface area contributed by atoms with Crippen LogP contribution in [0.2, 0.25) is 0 Å². The Morgan fingerprint density at radius 1 is 0.870 bits per heavy atom. The number of rotatable bonds is 5. The fourth-order valence-electron chi connectivity index (χ4n) is 1.54. The van der Waals surface area contributed by atoms with Crippen molar-refractivity contribution in [2.24, 2.45) is 0 Å². The minimum Gasteiger partial charge on any atom is -0.325 e. The van der Waals surface area contributed by atoms with E-state index in [4.69, 9.17) is 29.4 Å². The van der Waals surface area contributed by atoms with Gasteiger partial charge in [0.2, 0.25) is 0 Å². The van der Waals surface area contributed by atoms with Gasteiger partial charge in [0.15, 0.2) is 0 Å². The van der Waals surface area contributed by atoms with E-state index in [9.17, 15) is 0 Å². The molecule has 0 fully saturated rings. The number of unbranched alkanes of at least 4 members (excludes halogenated alkanes) is 3. The van der Waals surface area contributed by atoms with Crippen LogP contribution in [-0.2, 0) is 48.3 Å². The number of hydrogen-bond acceptors (Lipinski definition) is 2. The van der Waals surface area contributed by atoms with Crippen LogP contribution in [0.15, 0.2) is 24.3 Å². The van der Waals surface area contributed by atoms with Crippen molar-refractivity contribution >= 4 is 41.2 Å². The van der Waals surface area contributed by atoms with Crippen LogP contribution in [0.4, 0.5) is 0 Å². The Labute approximate surface area is 157 Å². The molecule has 6 nitrogen and oxygen atoms in total. The van der Waals surface area contributed by atoms with Gasteiger partial charge < -0.3 is 29.4 Å². The van der Waals surface area contributed by atoms with Gasteiger partial charge in [0.1, 0.15) is 0 Å². The molecular formula is C12H23O6P2S2Zn. The van der Waals surface area contributed by atoms with Crippen molar-refractivity contribution in [2.45, 2.75) is 39.0 Å². The zero-order valence-electron chi connectivity index (χ0n) is 12.9. The minimum atomic E-state index is -3.81. The van der Waals surface area contributed by atoms with Crippen LogP contribution in [0.5, 0.6) is 0 Å². The zero-order valence-corrected chi connectivity index (χ0v) is 19.3. The van der Waals surface area contributed by atoms with Crippen LogP contribution in [0, 0.1) is 0 Å². The van der Waals surface area contributed by atoms with Gasteiger partial charge in [-0.1, -0.05) is 0 Å². The van der Waals surface area contributed by atoms with Crippen molar-refractivity contribution in [3.05, 3.63) is 29.8 Å². The molecule has 0 atom stereocenters. The van der Waals surface area contributed by atoms with Crippen LogP contribution in [0.1, 0.15) is 38.2 Å². The molecule has 0 aliphatic heterocycles. The smallest absolute Gasteiger partial charge is 0.319 e. The fraction of sp³-hybridized carbons (Fsp3) is 0.500. The molecule has 0 aliphatic rings. The molecule has 11 heteroatoms. The summed E-state index contributed by atoms with van der Waals surface area (Å²) in [4.78, 5) is 45.3. The van der Waals surface area contributed by atoms with Crippen LogP contribution >= 0.6 is 13.4 Å². The Kier molecular flexibility index (Phi) is 16.0. The van der Waals surface area contributed by atoms with Crippen molar-refractivity contribution in [3.8, 4) is 0 Å². The molecule has 0 aromatic heterocycles. The molecule has 0 heterocycles. The predicted molar refractivity (Wildman–Crippen MR) is 95.8 cm³/mol. The molecule has 1 rings (SSSR count). The molecule has 0 radical (unpaired) electrons. The van der Waals surface area contributed by atoms with Crippen LogP contribution in [0.25, 0.3) is 0 Å². The molecule has 23 heavy (non-hydrogen) atoms. The van der Waals surface area contributed by atoms with Crippen molar-refractivity contribution < 1.29 is 47.7 Å². The molecule has 1 aromatic carbocycles. The maximum absolute atomic E-state index is 7.56. The third kappa shape index (κ3) is 31.2. The SMILES string of the molecule is CCCCCCc1cccc[c]1[Zn].OP(O)(O)=S.OP(O)(O)=S. The number of benzene rings is 1. The third-order valence-corrected chi connectivity index (χ3v) is 3.87. The van der Waals surface area contributed by atoms with Crippen molar-refractivity contribution in [2.75, 3.05) is 0 Å². The Balaban J connectivity index is 0. The van der Waals surface area contributed by atoms with Gasteiger partial charge in [-0.25, -0.2) is 0 Å². The zero-order chi connectivity index (χ0) is 18.5. The predicted octanol–water partition coefficient (Wildman–Crippen LogP) is 1.36. The number of hydrogen-bond donors (Lipinski definition) is 6. The Hall–Kier alpha value is 0.903. The normalized spacial score (nSPS) is 11.0. The molecule has 0 spiro atoms. The van der Waals surface area contributed by atoms with E-state index < -0.39 is 13.4 Å². The van der Waals surface area contributed by atoms with Crippen LogP contribution in [-0.4, -0.2) is 29.4 Å². The van der Waals surface area contributed by atoms with Gasteiger partial charge in [-0.15, -0.1) is 0 Å². The van der Waals surface area contributed by atoms with Gasteiger partial charge >= 0.3 is 105 Å². The molecule has 6 N–H and O–H groups in total. The van der Waals surface area contributed by atoms with Gasteiger partial charge in [-0.3, -0.25) is 0 Å². The first-order chi connectivity index (χ1) is 10.3. The second-order valence-corrected chi connectivity index (χ2v) is 11.2. The molecule has 0 unspecified atom stereocenters. The van der Waals surface area contributed by atoms with Gasteiger partial charge in [0.05, 0.1) is 0 Å². The summed E-state index contributed by atoms with van der Waals surface area (Å²) in [6.45, 7) is -5.35. The number of aryl methyl sites for hydroxylation is 1. The van der Waals surface area contributed by atoms with E-state index in [0.717, 1.165) is 0 Å². The van der Waals surface area contributed by atoms with Gasteiger partial charge in [-0.05, 0) is 23.6 Å². The van der Waals surface area contributed by atoms with Crippen LogP contribution < -0.4 is 4.16 Å². The molecule has 0 amide bonds. The standard InChI is InChI=1S/C12H17.2H3O3PS.Zn/c1-2-3-4-6-9-12-10-7-5-8-11-12;2*1-4(2,3)5;/h5,7-8,10H,2-4,6,9H2,1H3;2*(H3,1,2,3,5);. The summed E-state index contributed by atoms with van der Waals surface area (Å²) in [5.74, 6) is 0. The van der Waals surface area contributed by atoms with Crippen molar-refractivity contribution in [3.63, 3.8) is 0 Å². The topological polar surface area (TPSA) is 121 Å². The summed E-state index contributed by atoms with van der Waals surface area (Å²) < 4.78 is 1.57. The quantitative estimate of drug-likeness (QED) is 0.224. The summed E-state index contributed by atoms with van der Waals surface area (Å²) in [6, 6.07) is 8.85. The first-order valence-electron chi connectivity index (χ1n) is 6.81. The Morgan fingerprint density at radius 3 is 1.70 bits per heavy atom. The third-order valence-electron chi connectivity index (χ3n) is 2.42. The van der Waals surface area contributed by atoms with E-state index in [2.05, 4.69) is 54.8 Å². The first kappa shape index (κ1) is 26.1. The average Bonchev–Trinajstić information content (AvgIpc) is 2.32. The molecule has 131 valence electrons. The summed E-state index contributed by atoms with van der Waals surface area (Å²) in [7, 11) is 0. The van der Waals surface area contributed by atoms with Crippen molar-refractivity contribution in [1.82, 2.24) is 0 Å². The van der Waals surface area contributed by atoms with E-state index >= 15 is 0 Å². The molecule has 1 aromatic rings. The summed E-state index contributed by atoms with van der Waals surface area (Å²) in [6.07, 6.45) is 6.77. The van der Waals surface area contributed by atoms with E-state index in [0.29, 0.717) is 0 Å². The van der Waals surface area contributed by atoms with Gasteiger partial charge in [-0.2, -0.15) is 0 Å². The second-order valence-electron chi connectivity index (χ2n) is 4.61.